The molecular weight excluding hydrogens is 384 g/mol. The normalized spacial score (nSPS) is 17.1. The summed E-state index contributed by atoms with van der Waals surface area (Å²) in [6, 6.07) is 12.2. The van der Waals surface area contributed by atoms with Gasteiger partial charge >= 0.3 is 0 Å². The zero-order chi connectivity index (χ0) is 19.9. The fourth-order valence-electron chi connectivity index (χ4n) is 4.17. The van der Waals surface area contributed by atoms with Crippen LogP contribution in [0.1, 0.15) is 43.4 Å². The molecule has 0 spiro atoms. The minimum atomic E-state index is 0.00655. The second-order valence-electron chi connectivity index (χ2n) is 7.75. The number of nitrogens with one attached hydrogen (secondary N) is 1. The first-order valence-electron chi connectivity index (χ1n) is 10.4. The summed E-state index contributed by atoms with van der Waals surface area (Å²) in [4.78, 5) is 16.7. The van der Waals surface area contributed by atoms with Gasteiger partial charge in [-0.1, -0.05) is 25.0 Å². The zero-order valence-corrected chi connectivity index (χ0v) is 17.5. The van der Waals surface area contributed by atoms with Gasteiger partial charge in [-0.2, -0.15) is 11.8 Å². The molecule has 1 N–H and O–H groups in total. The van der Waals surface area contributed by atoms with Crippen LogP contribution in [0.3, 0.4) is 0 Å². The molecule has 154 valence electrons. The van der Waals surface area contributed by atoms with Gasteiger partial charge in [0.2, 0.25) is 5.91 Å². The third-order valence-corrected chi connectivity index (χ3v) is 6.78. The van der Waals surface area contributed by atoms with E-state index in [1.54, 1.807) is 11.8 Å². The van der Waals surface area contributed by atoms with Crippen LogP contribution in [0, 0.1) is 0 Å². The van der Waals surface area contributed by atoms with Gasteiger partial charge in [0.15, 0.2) is 11.5 Å². The molecule has 1 aliphatic carbocycles. The molecule has 0 saturated heterocycles. The van der Waals surface area contributed by atoms with E-state index in [4.69, 9.17) is 9.47 Å². The van der Waals surface area contributed by atoms with Gasteiger partial charge in [-0.25, -0.2) is 0 Å². The van der Waals surface area contributed by atoms with Gasteiger partial charge < -0.3 is 14.8 Å². The number of hydrogen-bond acceptors (Lipinski definition) is 5. The molecule has 0 unspecified atom stereocenters. The number of thioether (sulfide) groups is 1. The first-order valence-corrected chi connectivity index (χ1v) is 11.6. The summed E-state index contributed by atoms with van der Waals surface area (Å²) < 4.78 is 11.4. The number of pyridine rings is 1. The number of aromatic nitrogens is 1. The Balaban J connectivity index is 1.30. The van der Waals surface area contributed by atoms with E-state index in [2.05, 4.69) is 22.4 Å². The largest absolute Gasteiger partial charge is 0.486 e. The van der Waals surface area contributed by atoms with Gasteiger partial charge in [-0.3, -0.25) is 9.78 Å². The second kappa shape index (κ2) is 9.53. The Hall–Kier alpha value is -2.21. The van der Waals surface area contributed by atoms with Gasteiger partial charge in [-0.15, -0.1) is 0 Å². The van der Waals surface area contributed by atoms with Crippen molar-refractivity contribution in [3.8, 4) is 11.5 Å². The van der Waals surface area contributed by atoms with E-state index in [9.17, 15) is 4.79 Å². The number of fused-ring (bicyclic) bond motifs is 1. The highest BCUT2D eigenvalue weighted by Crippen LogP contribution is 2.43. The molecule has 0 radical (unpaired) electrons. The lowest BCUT2D eigenvalue weighted by molar-refractivity contribution is -0.120. The van der Waals surface area contributed by atoms with Crippen molar-refractivity contribution in [3.05, 3.63) is 53.9 Å². The molecule has 2 aromatic rings. The Morgan fingerprint density at radius 2 is 1.93 bits per heavy atom. The van der Waals surface area contributed by atoms with Crippen LogP contribution in [-0.2, 0) is 16.0 Å². The molecule has 2 aliphatic rings. The van der Waals surface area contributed by atoms with Crippen molar-refractivity contribution in [2.45, 2.75) is 43.3 Å². The lowest BCUT2D eigenvalue weighted by Crippen LogP contribution is -2.39. The minimum absolute atomic E-state index is 0.00655. The number of ether oxygens (including phenoxy) is 2. The number of benzene rings is 1. The molecule has 0 bridgehead atoms. The summed E-state index contributed by atoms with van der Waals surface area (Å²) in [5.41, 5.74) is 2.32. The Labute approximate surface area is 176 Å². The SMILES string of the molecule is O=C(CCSCc1ccccn1)NCC1(c2ccc3c(c2)OCCO3)CCCC1. The second-order valence-corrected chi connectivity index (χ2v) is 8.85. The number of carbonyl (C=O) groups excluding carboxylic acids is 1. The highest BCUT2D eigenvalue weighted by molar-refractivity contribution is 7.98. The summed E-state index contributed by atoms with van der Waals surface area (Å²) in [5.74, 6) is 3.43. The van der Waals surface area contributed by atoms with Gasteiger partial charge in [-0.05, 0) is 42.7 Å². The van der Waals surface area contributed by atoms with Crippen molar-refractivity contribution in [3.63, 3.8) is 0 Å². The fourth-order valence-corrected chi connectivity index (χ4v) is 5.03. The Kier molecular flexibility index (Phi) is 6.60. The standard InChI is InChI=1S/C23H28N2O3S/c26-22(8-14-29-16-19-5-1-4-11-24-19)25-17-23(9-2-3-10-23)18-6-7-20-21(15-18)28-13-12-27-20/h1,4-7,11,15H,2-3,8-10,12-14,16-17H2,(H,25,26). The summed E-state index contributed by atoms with van der Waals surface area (Å²) in [6.45, 7) is 1.89. The summed E-state index contributed by atoms with van der Waals surface area (Å²) >= 11 is 1.75. The van der Waals surface area contributed by atoms with Crippen molar-refractivity contribution in [2.24, 2.45) is 0 Å². The molecule has 1 aromatic carbocycles. The molecule has 0 atom stereocenters. The van der Waals surface area contributed by atoms with Crippen LogP contribution in [-0.4, -0.2) is 36.4 Å². The molecular formula is C23H28N2O3S. The number of nitrogens with zero attached hydrogens (tertiary/aromatic N) is 1. The maximum Gasteiger partial charge on any atom is 0.220 e. The molecule has 29 heavy (non-hydrogen) atoms. The fraction of sp³-hybridized carbons (Fsp3) is 0.478. The smallest absolute Gasteiger partial charge is 0.220 e. The van der Waals surface area contributed by atoms with Crippen LogP contribution in [0.4, 0.5) is 0 Å². The van der Waals surface area contributed by atoms with Crippen LogP contribution in [0.5, 0.6) is 11.5 Å². The van der Waals surface area contributed by atoms with E-state index < -0.39 is 0 Å². The lowest BCUT2D eigenvalue weighted by Gasteiger charge is -2.31. The van der Waals surface area contributed by atoms with E-state index in [0.29, 0.717) is 26.2 Å². The van der Waals surface area contributed by atoms with Crippen molar-refractivity contribution in [1.82, 2.24) is 10.3 Å². The van der Waals surface area contributed by atoms with E-state index in [1.807, 2.05) is 30.5 Å². The highest BCUT2D eigenvalue weighted by atomic mass is 32.2. The zero-order valence-electron chi connectivity index (χ0n) is 16.7. The topological polar surface area (TPSA) is 60.5 Å². The van der Waals surface area contributed by atoms with Crippen LogP contribution in [0.2, 0.25) is 0 Å². The van der Waals surface area contributed by atoms with Crippen molar-refractivity contribution in [2.75, 3.05) is 25.5 Å². The Bertz CT molecular complexity index is 822. The van der Waals surface area contributed by atoms with Gasteiger partial charge in [0.25, 0.3) is 0 Å². The average molecular weight is 413 g/mol. The summed E-state index contributed by atoms with van der Waals surface area (Å²) in [6.07, 6.45) is 6.94. The molecule has 2 heterocycles. The molecule has 1 fully saturated rings. The minimum Gasteiger partial charge on any atom is -0.486 e. The third-order valence-electron chi connectivity index (χ3n) is 5.79. The first-order chi connectivity index (χ1) is 14.3. The summed E-state index contributed by atoms with van der Waals surface area (Å²) in [7, 11) is 0. The van der Waals surface area contributed by atoms with E-state index in [0.717, 1.165) is 41.5 Å². The van der Waals surface area contributed by atoms with Crippen molar-refractivity contribution in [1.29, 1.82) is 0 Å². The monoisotopic (exact) mass is 412 g/mol. The highest BCUT2D eigenvalue weighted by Gasteiger charge is 2.36. The molecule has 1 saturated carbocycles. The maximum absolute atomic E-state index is 12.4. The predicted molar refractivity (Wildman–Crippen MR) is 116 cm³/mol. The van der Waals surface area contributed by atoms with Gasteiger partial charge in [0.05, 0.1) is 5.69 Å². The van der Waals surface area contributed by atoms with E-state index in [1.165, 1.54) is 18.4 Å². The lowest BCUT2D eigenvalue weighted by atomic mass is 9.78. The van der Waals surface area contributed by atoms with Crippen molar-refractivity contribution >= 4 is 17.7 Å². The molecule has 5 nitrogen and oxygen atoms in total. The van der Waals surface area contributed by atoms with Crippen LogP contribution < -0.4 is 14.8 Å². The van der Waals surface area contributed by atoms with Crippen LogP contribution in [0.25, 0.3) is 0 Å². The van der Waals surface area contributed by atoms with E-state index in [-0.39, 0.29) is 11.3 Å². The van der Waals surface area contributed by atoms with E-state index >= 15 is 0 Å². The molecule has 6 heteroatoms. The summed E-state index contributed by atoms with van der Waals surface area (Å²) in [5, 5.41) is 3.20. The van der Waals surface area contributed by atoms with Crippen LogP contribution in [0.15, 0.2) is 42.6 Å². The van der Waals surface area contributed by atoms with Crippen LogP contribution >= 0.6 is 11.8 Å². The predicted octanol–water partition coefficient (Wildman–Crippen LogP) is 4.10. The Morgan fingerprint density at radius 3 is 2.72 bits per heavy atom. The maximum atomic E-state index is 12.4. The molecule has 1 aliphatic heterocycles. The molecule has 1 aromatic heterocycles. The number of carbonyl (C=O) groups is 1. The van der Waals surface area contributed by atoms with Gasteiger partial charge in [0.1, 0.15) is 13.2 Å². The first kappa shape index (κ1) is 20.1. The number of rotatable bonds is 8. The van der Waals surface area contributed by atoms with Crippen molar-refractivity contribution < 1.29 is 14.3 Å². The third kappa shape index (κ3) is 5.04. The quantitative estimate of drug-likeness (QED) is 0.662. The van der Waals surface area contributed by atoms with Gasteiger partial charge in [0, 0.05) is 36.1 Å². The Morgan fingerprint density at radius 1 is 1.10 bits per heavy atom. The number of amides is 1. The molecule has 1 amide bonds. The average Bonchev–Trinajstić information content (AvgIpc) is 3.26. The number of hydrogen-bond donors (Lipinski definition) is 1. The molecule has 4 rings (SSSR count).